The van der Waals surface area contributed by atoms with Crippen LogP contribution in [0.2, 0.25) is 0 Å². The Kier molecular flexibility index (Phi) is 3.64. The van der Waals surface area contributed by atoms with E-state index in [0.717, 1.165) is 28.8 Å². The molecule has 0 aliphatic carbocycles. The van der Waals surface area contributed by atoms with E-state index < -0.39 is 0 Å². The molecule has 106 valence electrons. The van der Waals surface area contributed by atoms with Crippen molar-refractivity contribution >= 4 is 16.7 Å². The van der Waals surface area contributed by atoms with Crippen LogP contribution < -0.4 is 10.1 Å². The highest BCUT2D eigenvalue weighted by Gasteiger charge is 2.10. The SMILES string of the molecule is CCNc1ncnc(Oc2cccc3cccnc23)c1C. The number of fused-ring (bicyclic) bond motifs is 1. The standard InChI is InChI=1S/C16H16N4O/c1-3-17-15-11(2)16(20-10-19-15)21-13-8-4-6-12-7-5-9-18-14(12)13/h4-10H,3H2,1-2H3,(H,17,19,20). The zero-order chi connectivity index (χ0) is 14.7. The Hall–Kier alpha value is -2.69. The van der Waals surface area contributed by atoms with Crippen LogP contribution in [0.3, 0.4) is 0 Å². The van der Waals surface area contributed by atoms with Crippen molar-refractivity contribution < 1.29 is 4.74 Å². The highest BCUT2D eigenvalue weighted by atomic mass is 16.5. The van der Waals surface area contributed by atoms with Gasteiger partial charge in [0.25, 0.3) is 0 Å². The second-order valence-corrected chi connectivity index (χ2v) is 4.62. The predicted molar refractivity (Wildman–Crippen MR) is 82.7 cm³/mol. The number of hydrogen-bond donors (Lipinski definition) is 1. The van der Waals surface area contributed by atoms with Gasteiger partial charge in [-0.2, -0.15) is 0 Å². The third-order valence-corrected chi connectivity index (χ3v) is 3.18. The van der Waals surface area contributed by atoms with Crippen molar-refractivity contribution in [2.75, 3.05) is 11.9 Å². The molecule has 0 aliphatic rings. The number of rotatable bonds is 4. The summed E-state index contributed by atoms with van der Waals surface area (Å²) in [6.07, 6.45) is 3.25. The summed E-state index contributed by atoms with van der Waals surface area (Å²) in [5.41, 5.74) is 1.70. The lowest BCUT2D eigenvalue weighted by Crippen LogP contribution is -2.04. The molecule has 0 aliphatic heterocycles. The highest BCUT2D eigenvalue weighted by molar-refractivity contribution is 5.84. The molecule has 3 aromatic rings. The predicted octanol–water partition coefficient (Wildman–Crippen LogP) is 3.56. The number of nitrogens with zero attached hydrogens (tertiary/aromatic N) is 3. The quantitative estimate of drug-likeness (QED) is 0.791. The molecular weight excluding hydrogens is 264 g/mol. The van der Waals surface area contributed by atoms with Gasteiger partial charge in [0.1, 0.15) is 17.7 Å². The summed E-state index contributed by atoms with van der Waals surface area (Å²) in [5, 5.41) is 4.23. The lowest BCUT2D eigenvalue weighted by atomic mass is 10.2. The fourth-order valence-electron chi connectivity index (χ4n) is 2.15. The van der Waals surface area contributed by atoms with Crippen LogP contribution >= 0.6 is 0 Å². The van der Waals surface area contributed by atoms with Gasteiger partial charge in [0, 0.05) is 18.1 Å². The van der Waals surface area contributed by atoms with Gasteiger partial charge in [0.05, 0.1) is 5.56 Å². The van der Waals surface area contributed by atoms with E-state index in [2.05, 4.69) is 20.3 Å². The van der Waals surface area contributed by atoms with Gasteiger partial charge in [-0.3, -0.25) is 4.98 Å². The van der Waals surface area contributed by atoms with E-state index in [-0.39, 0.29) is 0 Å². The van der Waals surface area contributed by atoms with Gasteiger partial charge in [-0.15, -0.1) is 0 Å². The summed E-state index contributed by atoms with van der Waals surface area (Å²) in [7, 11) is 0. The monoisotopic (exact) mass is 280 g/mol. The minimum atomic E-state index is 0.541. The molecule has 0 radical (unpaired) electrons. The van der Waals surface area contributed by atoms with Gasteiger partial charge < -0.3 is 10.1 Å². The van der Waals surface area contributed by atoms with Crippen molar-refractivity contribution in [3.05, 3.63) is 48.4 Å². The van der Waals surface area contributed by atoms with E-state index >= 15 is 0 Å². The molecule has 0 atom stereocenters. The van der Waals surface area contributed by atoms with Crippen LogP contribution in [0.5, 0.6) is 11.6 Å². The summed E-state index contributed by atoms with van der Waals surface area (Å²) in [6, 6.07) is 9.76. The van der Waals surface area contributed by atoms with E-state index in [1.165, 1.54) is 6.33 Å². The molecule has 0 saturated heterocycles. The van der Waals surface area contributed by atoms with Gasteiger partial charge >= 0.3 is 0 Å². The molecule has 0 saturated carbocycles. The molecule has 0 fully saturated rings. The molecule has 0 unspecified atom stereocenters. The molecule has 2 aromatic heterocycles. The van der Waals surface area contributed by atoms with Crippen molar-refractivity contribution in [1.82, 2.24) is 15.0 Å². The van der Waals surface area contributed by atoms with E-state index in [9.17, 15) is 0 Å². The number of anilines is 1. The molecular formula is C16H16N4O. The Labute approximate surface area is 123 Å². The largest absolute Gasteiger partial charge is 0.436 e. The van der Waals surface area contributed by atoms with Crippen molar-refractivity contribution in [2.24, 2.45) is 0 Å². The van der Waals surface area contributed by atoms with Crippen molar-refractivity contribution in [3.8, 4) is 11.6 Å². The van der Waals surface area contributed by atoms with E-state index in [0.29, 0.717) is 11.6 Å². The average Bonchev–Trinajstić information content (AvgIpc) is 2.52. The molecule has 2 heterocycles. The zero-order valence-corrected chi connectivity index (χ0v) is 12.0. The first-order valence-electron chi connectivity index (χ1n) is 6.86. The number of hydrogen-bond acceptors (Lipinski definition) is 5. The Morgan fingerprint density at radius 1 is 1.10 bits per heavy atom. The fraction of sp³-hybridized carbons (Fsp3) is 0.188. The first kappa shape index (κ1) is 13.3. The van der Waals surface area contributed by atoms with Gasteiger partial charge in [0.15, 0.2) is 5.75 Å². The van der Waals surface area contributed by atoms with Gasteiger partial charge in [-0.25, -0.2) is 9.97 Å². The second kappa shape index (κ2) is 5.75. The smallest absolute Gasteiger partial charge is 0.227 e. The minimum Gasteiger partial charge on any atom is -0.436 e. The average molecular weight is 280 g/mol. The molecule has 0 amide bonds. The van der Waals surface area contributed by atoms with Crippen LogP contribution in [-0.2, 0) is 0 Å². The van der Waals surface area contributed by atoms with Crippen LogP contribution in [0.25, 0.3) is 10.9 Å². The van der Waals surface area contributed by atoms with Crippen molar-refractivity contribution in [1.29, 1.82) is 0 Å². The maximum atomic E-state index is 5.96. The summed E-state index contributed by atoms with van der Waals surface area (Å²) in [5.74, 6) is 2.02. The molecule has 3 rings (SSSR count). The Morgan fingerprint density at radius 2 is 1.95 bits per heavy atom. The molecule has 21 heavy (non-hydrogen) atoms. The number of benzene rings is 1. The molecule has 5 nitrogen and oxygen atoms in total. The number of pyridine rings is 1. The van der Waals surface area contributed by atoms with Gasteiger partial charge in [-0.05, 0) is 26.0 Å². The van der Waals surface area contributed by atoms with Crippen molar-refractivity contribution in [3.63, 3.8) is 0 Å². The number of para-hydroxylation sites is 1. The molecule has 1 aromatic carbocycles. The Morgan fingerprint density at radius 3 is 2.81 bits per heavy atom. The van der Waals surface area contributed by atoms with Crippen LogP contribution in [0.1, 0.15) is 12.5 Å². The third kappa shape index (κ3) is 2.63. The maximum Gasteiger partial charge on any atom is 0.227 e. The molecule has 0 spiro atoms. The topological polar surface area (TPSA) is 59.9 Å². The summed E-state index contributed by atoms with van der Waals surface area (Å²) in [6.45, 7) is 4.76. The van der Waals surface area contributed by atoms with Crippen LogP contribution in [-0.4, -0.2) is 21.5 Å². The number of aromatic nitrogens is 3. The van der Waals surface area contributed by atoms with E-state index in [4.69, 9.17) is 4.74 Å². The summed E-state index contributed by atoms with van der Waals surface area (Å²) in [4.78, 5) is 12.8. The highest BCUT2D eigenvalue weighted by Crippen LogP contribution is 2.30. The van der Waals surface area contributed by atoms with Crippen LogP contribution in [0.15, 0.2) is 42.9 Å². The zero-order valence-electron chi connectivity index (χ0n) is 12.0. The summed E-state index contributed by atoms with van der Waals surface area (Å²) < 4.78 is 5.96. The number of ether oxygens (including phenoxy) is 1. The van der Waals surface area contributed by atoms with E-state index in [1.54, 1.807) is 6.20 Å². The summed E-state index contributed by atoms with van der Waals surface area (Å²) >= 11 is 0. The van der Waals surface area contributed by atoms with Crippen LogP contribution in [0.4, 0.5) is 5.82 Å². The fourth-order valence-corrected chi connectivity index (χ4v) is 2.15. The van der Waals surface area contributed by atoms with Crippen LogP contribution in [0, 0.1) is 6.92 Å². The Bertz CT molecular complexity index is 768. The minimum absolute atomic E-state index is 0.541. The first-order chi connectivity index (χ1) is 10.3. The van der Waals surface area contributed by atoms with Crippen molar-refractivity contribution in [2.45, 2.75) is 13.8 Å². The third-order valence-electron chi connectivity index (χ3n) is 3.18. The molecule has 5 heteroatoms. The lowest BCUT2D eigenvalue weighted by molar-refractivity contribution is 0.462. The normalized spacial score (nSPS) is 10.6. The second-order valence-electron chi connectivity index (χ2n) is 4.62. The van der Waals surface area contributed by atoms with E-state index in [1.807, 2.05) is 44.2 Å². The Balaban J connectivity index is 2.01. The number of nitrogens with one attached hydrogen (secondary N) is 1. The molecule has 0 bridgehead atoms. The van der Waals surface area contributed by atoms with Gasteiger partial charge in [0.2, 0.25) is 5.88 Å². The first-order valence-corrected chi connectivity index (χ1v) is 6.86. The maximum absolute atomic E-state index is 5.96. The van der Waals surface area contributed by atoms with Gasteiger partial charge in [-0.1, -0.05) is 18.2 Å². The lowest BCUT2D eigenvalue weighted by Gasteiger charge is -2.12. The molecule has 1 N–H and O–H groups in total.